The molecule has 4 saturated carbocycles. The maximum Gasteiger partial charge on any atom is 0.261 e. The van der Waals surface area contributed by atoms with Crippen LogP contribution in [0.2, 0.25) is 0 Å². The van der Waals surface area contributed by atoms with Gasteiger partial charge in [0.25, 0.3) is 5.79 Å². The second-order valence-electron chi connectivity index (χ2n) is 10.1. The molecule has 7 rings (SSSR count). The van der Waals surface area contributed by atoms with Crippen molar-refractivity contribution < 1.29 is 38.1 Å². The number of phosphoric ester groups is 1. The summed E-state index contributed by atoms with van der Waals surface area (Å²) in [6.07, 6.45) is 4.54. The van der Waals surface area contributed by atoms with Gasteiger partial charge in [0.2, 0.25) is 0 Å². The summed E-state index contributed by atoms with van der Waals surface area (Å²) in [5, 5.41) is 0. The van der Waals surface area contributed by atoms with Gasteiger partial charge < -0.3 is 28.3 Å². The number of phosphoric acid groups is 1. The standard InChI is InChI=1S/C25H28ClO8P/c26-23-14-17-11-19(15-23)24(20(12-17)16-23)25(34-33-24,31-10-9-30-21-6-2-1-3-7-21)18-5-4-8-22(13-18)32-35(27,28)29/h1-8,13,17,19-20H,9-12,14-16H2,(H2,27,28,29)/p-2. The van der Waals surface area contributed by atoms with Crippen molar-refractivity contribution in [3.8, 4) is 11.5 Å². The van der Waals surface area contributed by atoms with Gasteiger partial charge in [0.05, 0.1) is 6.61 Å². The van der Waals surface area contributed by atoms with Crippen LogP contribution in [0.1, 0.15) is 37.7 Å². The minimum absolute atomic E-state index is 0.0948. The number of rotatable bonds is 8. The zero-order valence-electron chi connectivity index (χ0n) is 19.0. The van der Waals surface area contributed by atoms with Gasteiger partial charge in [-0.3, -0.25) is 0 Å². The highest BCUT2D eigenvalue weighted by atomic mass is 35.5. The SMILES string of the molecule is O=P([O-])([O-])Oc1cccc(C2(OCCOc3ccccc3)OOC23C2CC4CC3CC(Cl)(C4)C2)c1. The second kappa shape index (κ2) is 8.45. The van der Waals surface area contributed by atoms with E-state index in [2.05, 4.69) is 4.52 Å². The Bertz CT molecular complexity index is 1120. The highest BCUT2D eigenvalue weighted by Crippen LogP contribution is 2.71. The van der Waals surface area contributed by atoms with E-state index in [0.29, 0.717) is 11.5 Å². The lowest BCUT2D eigenvalue weighted by Crippen LogP contribution is -2.78. The van der Waals surface area contributed by atoms with Crippen molar-refractivity contribution in [2.45, 2.75) is 48.4 Å². The molecule has 10 heteroatoms. The van der Waals surface area contributed by atoms with E-state index in [1.165, 1.54) is 12.1 Å². The summed E-state index contributed by atoms with van der Waals surface area (Å²) >= 11 is 6.99. The molecule has 1 spiro atoms. The number of para-hydroxylation sites is 1. The van der Waals surface area contributed by atoms with Crippen LogP contribution in [0.3, 0.4) is 0 Å². The first-order valence-electron chi connectivity index (χ1n) is 11.9. The van der Waals surface area contributed by atoms with Gasteiger partial charge in [-0.25, -0.2) is 4.89 Å². The molecule has 1 saturated heterocycles. The van der Waals surface area contributed by atoms with Gasteiger partial charge in [0, 0.05) is 10.4 Å². The Kier molecular flexibility index (Phi) is 5.73. The third-order valence-corrected chi connectivity index (χ3v) is 8.87. The van der Waals surface area contributed by atoms with Gasteiger partial charge in [-0.2, -0.15) is 4.89 Å². The molecule has 1 heterocycles. The average molecular weight is 521 g/mol. The van der Waals surface area contributed by atoms with E-state index in [-0.39, 0.29) is 35.7 Å². The van der Waals surface area contributed by atoms with E-state index in [1.807, 2.05) is 30.3 Å². The van der Waals surface area contributed by atoms with Gasteiger partial charge in [-0.15, -0.1) is 11.6 Å². The lowest BCUT2D eigenvalue weighted by atomic mass is 9.46. The average Bonchev–Trinajstić information content (AvgIpc) is 2.77. The third-order valence-electron chi connectivity index (χ3n) is 7.97. The zero-order valence-corrected chi connectivity index (χ0v) is 20.6. The number of hydrogen-bond acceptors (Lipinski definition) is 8. The predicted molar refractivity (Wildman–Crippen MR) is 121 cm³/mol. The first-order valence-corrected chi connectivity index (χ1v) is 13.8. The van der Waals surface area contributed by atoms with E-state index >= 15 is 0 Å². The minimum Gasteiger partial charge on any atom is -0.780 e. The van der Waals surface area contributed by atoms with Crippen LogP contribution < -0.4 is 19.0 Å². The van der Waals surface area contributed by atoms with Crippen molar-refractivity contribution in [1.29, 1.82) is 0 Å². The van der Waals surface area contributed by atoms with Crippen LogP contribution in [0.5, 0.6) is 11.5 Å². The molecule has 3 atom stereocenters. The molecular weight excluding hydrogens is 495 g/mol. The fraction of sp³-hybridized carbons (Fsp3) is 0.520. The summed E-state index contributed by atoms with van der Waals surface area (Å²) in [6.45, 7) is 0.469. The molecule has 4 aliphatic carbocycles. The summed E-state index contributed by atoms with van der Waals surface area (Å²) in [5.74, 6) is 0.0942. The number of benzene rings is 2. The molecular formula is C25H26ClO8P-2. The summed E-state index contributed by atoms with van der Waals surface area (Å²) in [6, 6.07) is 15.7. The molecule has 1 aliphatic heterocycles. The van der Waals surface area contributed by atoms with Gasteiger partial charge in [-0.05, 0) is 74.1 Å². The van der Waals surface area contributed by atoms with Crippen LogP contribution in [0, 0.1) is 17.8 Å². The van der Waals surface area contributed by atoms with E-state index in [9.17, 15) is 14.4 Å². The Morgan fingerprint density at radius 2 is 1.66 bits per heavy atom. The summed E-state index contributed by atoms with van der Waals surface area (Å²) in [5.41, 5.74) is -0.239. The van der Waals surface area contributed by atoms with Crippen LogP contribution in [-0.4, -0.2) is 23.7 Å². The molecule has 0 amide bonds. The molecule has 2 aromatic carbocycles. The predicted octanol–water partition coefficient (Wildman–Crippen LogP) is 3.66. The van der Waals surface area contributed by atoms with E-state index in [4.69, 9.17) is 30.8 Å². The molecule has 5 fully saturated rings. The van der Waals surface area contributed by atoms with Gasteiger partial charge in [-0.1, -0.05) is 30.3 Å². The van der Waals surface area contributed by atoms with Crippen LogP contribution >= 0.6 is 19.4 Å². The maximum atomic E-state index is 11.3. The van der Waals surface area contributed by atoms with E-state index in [0.717, 1.165) is 37.9 Å². The molecule has 4 bridgehead atoms. The topological polar surface area (TPSA) is 109 Å². The highest BCUT2D eigenvalue weighted by Gasteiger charge is 2.78. The van der Waals surface area contributed by atoms with Crippen molar-refractivity contribution in [3.05, 3.63) is 60.2 Å². The van der Waals surface area contributed by atoms with Crippen molar-refractivity contribution in [1.82, 2.24) is 0 Å². The minimum atomic E-state index is -5.23. The Morgan fingerprint density at radius 3 is 2.29 bits per heavy atom. The molecule has 35 heavy (non-hydrogen) atoms. The highest BCUT2D eigenvalue weighted by molar-refractivity contribution is 7.43. The first-order chi connectivity index (χ1) is 16.7. The lowest BCUT2D eigenvalue weighted by molar-refractivity contribution is -0.647. The Balaban J connectivity index is 1.32. The molecule has 0 radical (unpaired) electrons. The summed E-state index contributed by atoms with van der Waals surface area (Å²) < 4.78 is 28.2. The normalized spacial score (nSPS) is 37.3. The van der Waals surface area contributed by atoms with Crippen LogP contribution in [0.4, 0.5) is 0 Å². The van der Waals surface area contributed by atoms with Crippen LogP contribution in [-0.2, 0) is 24.9 Å². The number of hydrogen-bond donors (Lipinski definition) is 0. The fourth-order valence-electron chi connectivity index (χ4n) is 7.00. The maximum absolute atomic E-state index is 11.3. The number of halogens is 1. The van der Waals surface area contributed by atoms with Crippen molar-refractivity contribution in [2.75, 3.05) is 13.2 Å². The van der Waals surface area contributed by atoms with Gasteiger partial charge in [0.1, 0.15) is 25.9 Å². The lowest BCUT2D eigenvalue weighted by Gasteiger charge is -2.70. The number of alkyl halides is 1. The monoisotopic (exact) mass is 520 g/mol. The van der Waals surface area contributed by atoms with Gasteiger partial charge in [0.15, 0.2) is 5.60 Å². The molecule has 0 aromatic heterocycles. The molecule has 5 aliphatic rings. The van der Waals surface area contributed by atoms with Crippen molar-refractivity contribution in [3.63, 3.8) is 0 Å². The van der Waals surface area contributed by atoms with Crippen molar-refractivity contribution in [2.24, 2.45) is 17.8 Å². The molecule has 2 aromatic rings. The Labute approximate surface area is 208 Å². The Morgan fingerprint density at radius 1 is 0.943 bits per heavy atom. The Hall–Kier alpha value is -1.64. The summed E-state index contributed by atoms with van der Waals surface area (Å²) in [4.78, 5) is 34.2. The fourth-order valence-corrected chi connectivity index (χ4v) is 7.96. The van der Waals surface area contributed by atoms with Crippen molar-refractivity contribution >= 4 is 19.4 Å². The smallest absolute Gasteiger partial charge is 0.261 e. The molecule has 3 unspecified atom stereocenters. The van der Waals surface area contributed by atoms with E-state index in [1.54, 1.807) is 12.1 Å². The quantitative estimate of drug-likeness (QED) is 0.224. The van der Waals surface area contributed by atoms with Crippen LogP contribution in [0.15, 0.2) is 54.6 Å². The molecule has 8 nitrogen and oxygen atoms in total. The third kappa shape index (κ3) is 4.00. The van der Waals surface area contributed by atoms with Crippen LogP contribution in [0.25, 0.3) is 0 Å². The summed E-state index contributed by atoms with van der Waals surface area (Å²) in [7, 11) is -5.23. The first kappa shape index (κ1) is 23.7. The second-order valence-corrected chi connectivity index (χ2v) is 12.0. The molecule has 0 N–H and O–H groups in total. The largest absolute Gasteiger partial charge is 0.780 e. The molecule has 188 valence electrons. The van der Waals surface area contributed by atoms with Gasteiger partial charge >= 0.3 is 0 Å². The van der Waals surface area contributed by atoms with E-state index < -0.39 is 19.2 Å². The number of ether oxygens (including phenoxy) is 2. The zero-order chi connectivity index (χ0) is 24.3.